The van der Waals surface area contributed by atoms with Gasteiger partial charge in [0.25, 0.3) is 0 Å². The monoisotopic (exact) mass is 270 g/mol. The van der Waals surface area contributed by atoms with Crippen LogP contribution in [0.5, 0.6) is 0 Å². The van der Waals surface area contributed by atoms with Gasteiger partial charge in [-0.25, -0.2) is 21.6 Å². The van der Waals surface area contributed by atoms with Crippen LogP contribution in [0.3, 0.4) is 0 Å². The SMILES string of the molecule is CS(=O)(=O)NCCNC1CCCS(=O)(=O)C1. The minimum absolute atomic E-state index is 0.0416. The van der Waals surface area contributed by atoms with Gasteiger partial charge in [0.15, 0.2) is 9.84 Å². The lowest BCUT2D eigenvalue weighted by Gasteiger charge is -2.22. The summed E-state index contributed by atoms with van der Waals surface area (Å²) < 4.78 is 46.4. The Balaban J connectivity index is 2.23. The van der Waals surface area contributed by atoms with Crippen molar-refractivity contribution < 1.29 is 16.8 Å². The highest BCUT2D eigenvalue weighted by molar-refractivity contribution is 7.91. The molecule has 1 fully saturated rings. The molecule has 8 heteroatoms. The molecule has 1 aliphatic heterocycles. The number of rotatable bonds is 5. The lowest BCUT2D eigenvalue weighted by atomic mass is 10.2. The van der Waals surface area contributed by atoms with E-state index < -0.39 is 19.9 Å². The number of nitrogens with one attached hydrogen (secondary N) is 2. The predicted octanol–water partition coefficient (Wildman–Crippen LogP) is -1.30. The van der Waals surface area contributed by atoms with Crippen molar-refractivity contribution in [1.82, 2.24) is 10.0 Å². The fourth-order valence-corrected chi connectivity index (χ4v) is 3.84. The van der Waals surface area contributed by atoms with Crippen LogP contribution in [0.1, 0.15) is 12.8 Å². The maximum atomic E-state index is 11.3. The van der Waals surface area contributed by atoms with Crippen molar-refractivity contribution in [3.05, 3.63) is 0 Å². The molecule has 0 radical (unpaired) electrons. The average molecular weight is 270 g/mol. The molecule has 0 aromatic carbocycles. The topological polar surface area (TPSA) is 92.3 Å². The molecule has 1 atom stereocenters. The summed E-state index contributed by atoms with van der Waals surface area (Å²) in [5.74, 6) is 0.429. The standard InChI is InChI=1S/C8H18N2O4S2/c1-15(11,12)10-5-4-9-8-3-2-6-16(13,14)7-8/h8-10H,2-7H2,1H3. The zero-order chi connectivity index (χ0) is 12.2. The molecule has 0 aromatic rings. The van der Waals surface area contributed by atoms with Gasteiger partial charge in [-0.3, -0.25) is 0 Å². The van der Waals surface area contributed by atoms with Gasteiger partial charge in [0, 0.05) is 19.1 Å². The van der Waals surface area contributed by atoms with Gasteiger partial charge in [-0.15, -0.1) is 0 Å². The van der Waals surface area contributed by atoms with Crippen molar-refractivity contribution in [1.29, 1.82) is 0 Å². The second-order valence-electron chi connectivity index (χ2n) is 4.07. The first-order chi connectivity index (χ1) is 7.29. The summed E-state index contributed by atoms with van der Waals surface area (Å²) in [6.07, 6.45) is 2.61. The molecule has 0 bridgehead atoms. The van der Waals surface area contributed by atoms with Crippen molar-refractivity contribution >= 4 is 19.9 Å². The third kappa shape index (κ3) is 5.78. The normalized spacial score (nSPS) is 25.4. The molecule has 0 amide bonds. The molecule has 0 spiro atoms. The van der Waals surface area contributed by atoms with Crippen molar-refractivity contribution in [3.8, 4) is 0 Å². The Morgan fingerprint density at radius 1 is 1.31 bits per heavy atom. The van der Waals surface area contributed by atoms with Gasteiger partial charge in [0.1, 0.15) is 0 Å². The van der Waals surface area contributed by atoms with Crippen molar-refractivity contribution in [2.24, 2.45) is 0 Å². The van der Waals surface area contributed by atoms with E-state index in [2.05, 4.69) is 10.0 Å². The summed E-state index contributed by atoms with van der Waals surface area (Å²) in [5, 5.41) is 3.04. The van der Waals surface area contributed by atoms with Crippen molar-refractivity contribution in [2.75, 3.05) is 30.9 Å². The largest absolute Gasteiger partial charge is 0.312 e. The Morgan fingerprint density at radius 3 is 2.56 bits per heavy atom. The van der Waals surface area contributed by atoms with E-state index >= 15 is 0 Å². The molecule has 2 N–H and O–H groups in total. The van der Waals surface area contributed by atoms with Gasteiger partial charge in [-0.1, -0.05) is 0 Å². The van der Waals surface area contributed by atoms with Gasteiger partial charge in [-0.2, -0.15) is 0 Å². The van der Waals surface area contributed by atoms with Crippen molar-refractivity contribution in [3.63, 3.8) is 0 Å². The molecule has 1 saturated heterocycles. The number of hydrogen-bond donors (Lipinski definition) is 2. The van der Waals surface area contributed by atoms with Gasteiger partial charge in [0.2, 0.25) is 10.0 Å². The Kier molecular flexibility index (Phi) is 4.72. The summed E-state index contributed by atoms with van der Waals surface area (Å²) in [4.78, 5) is 0. The van der Waals surface area contributed by atoms with Gasteiger partial charge >= 0.3 is 0 Å². The van der Waals surface area contributed by atoms with E-state index in [4.69, 9.17) is 0 Å². The van der Waals surface area contributed by atoms with Crippen LogP contribution in [0.4, 0.5) is 0 Å². The Bertz CT molecular complexity index is 415. The summed E-state index contributed by atoms with van der Waals surface area (Å²) in [6, 6.07) is -0.0416. The minimum atomic E-state index is -3.16. The van der Waals surface area contributed by atoms with E-state index in [9.17, 15) is 16.8 Å². The maximum Gasteiger partial charge on any atom is 0.208 e. The minimum Gasteiger partial charge on any atom is -0.312 e. The molecule has 0 aromatic heterocycles. The molecule has 0 aliphatic carbocycles. The first-order valence-electron chi connectivity index (χ1n) is 5.17. The van der Waals surface area contributed by atoms with E-state index in [1.807, 2.05) is 0 Å². The first kappa shape index (κ1) is 13.9. The van der Waals surface area contributed by atoms with Gasteiger partial charge in [0.05, 0.1) is 17.8 Å². The maximum absolute atomic E-state index is 11.3. The summed E-state index contributed by atoms with van der Waals surface area (Å²) in [7, 11) is -6.06. The van der Waals surface area contributed by atoms with Crippen LogP contribution in [0.15, 0.2) is 0 Å². The molecule has 96 valence electrons. The molecule has 1 unspecified atom stereocenters. The van der Waals surface area contributed by atoms with E-state index in [0.29, 0.717) is 13.0 Å². The van der Waals surface area contributed by atoms with Crippen LogP contribution in [0.25, 0.3) is 0 Å². The molecule has 1 rings (SSSR count). The summed E-state index contributed by atoms with van der Waals surface area (Å²) in [5.41, 5.74) is 0. The quantitative estimate of drug-likeness (QED) is 0.606. The number of sulfone groups is 1. The first-order valence-corrected chi connectivity index (χ1v) is 8.88. The van der Waals surface area contributed by atoms with Crippen LogP contribution in [0, 0.1) is 0 Å². The Hall–Kier alpha value is -0.180. The molecule has 1 aliphatic rings. The fourth-order valence-electron chi connectivity index (χ4n) is 1.70. The van der Waals surface area contributed by atoms with Crippen LogP contribution in [-0.2, 0) is 19.9 Å². The lowest BCUT2D eigenvalue weighted by Crippen LogP contribution is -2.43. The average Bonchev–Trinajstić information content (AvgIpc) is 2.09. The third-order valence-corrected chi connectivity index (χ3v) is 4.93. The molecule has 1 heterocycles. The highest BCUT2D eigenvalue weighted by atomic mass is 32.2. The van der Waals surface area contributed by atoms with Crippen molar-refractivity contribution in [2.45, 2.75) is 18.9 Å². The fraction of sp³-hybridized carbons (Fsp3) is 1.00. The highest BCUT2D eigenvalue weighted by Gasteiger charge is 2.23. The highest BCUT2D eigenvalue weighted by Crippen LogP contribution is 2.11. The second-order valence-corrected chi connectivity index (χ2v) is 8.14. The number of hydrogen-bond acceptors (Lipinski definition) is 5. The van der Waals surface area contributed by atoms with Crippen LogP contribution in [-0.4, -0.2) is 53.7 Å². The predicted molar refractivity (Wildman–Crippen MR) is 62.5 cm³/mol. The molecular formula is C8H18N2O4S2. The van der Waals surface area contributed by atoms with Crippen LogP contribution >= 0.6 is 0 Å². The van der Waals surface area contributed by atoms with Gasteiger partial charge < -0.3 is 5.32 Å². The van der Waals surface area contributed by atoms with E-state index in [0.717, 1.165) is 12.7 Å². The molecular weight excluding hydrogens is 252 g/mol. The number of sulfonamides is 1. The molecule has 0 saturated carbocycles. The summed E-state index contributed by atoms with van der Waals surface area (Å²) >= 11 is 0. The van der Waals surface area contributed by atoms with Gasteiger partial charge in [-0.05, 0) is 12.8 Å². The van der Waals surface area contributed by atoms with E-state index in [1.165, 1.54) is 0 Å². The Labute approximate surface area is 96.8 Å². The lowest BCUT2D eigenvalue weighted by molar-refractivity contribution is 0.481. The van der Waals surface area contributed by atoms with Crippen LogP contribution in [0.2, 0.25) is 0 Å². The Morgan fingerprint density at radius 2 is 2.00 bits per heavy atom. The van der Waals surface area contributed by atoms with E-state index in [-0.39, 0.29) is 24.1 Å². The molecule has 6 nitrogen and oxygen atoms in total. The zero-order valence-electron chi connectivity index (χ0n) is 9.27. The second kappa shape index (κ2) is 5.44. The smallest absolute Gasteiger partial charge is 0.208 e. The molecule has 16 heavy (non-hydrogen) atoms. The zero-order valence-corrected chi connectivity index (χ0v) is 10.9. The third-order valence-electron chi connectivity index (χ3n) is 2.39. The van der Waals surface area contributed by atoms with E-state index in [1.54, 1.807) is 0 Å². The van der Waals surface area contributed by atoms with Crippen LogP contribution < -0.4 is 10.0 Å². The summed E-state index contributed by atoms with van der Waals surface area (Å²) in [6.45, 7) is 0.739.